The third-order valence-corrected chi connectivity index (χ3v) is 5.17. The van der Waals surface area contributed by atoms with Crippen LogP contribution in [-0.4, -0.2) is 62.8 Å². The summed E-state index contributed by atoms with van der Waals surface area (Å²) in [6.45, 7) is 0.285. The molecule has 0 unspecified atom stereocenters. The zero-order valence-corrected chi connectivity index (χ0v) is 20.9. The standard InChI is InChI=1S/C25H22ClN7O5/c1-32(12-2-11-27)25(37)31-24(33(16-34)15-17-3-5-18(26)6-4-17)29-19-7-9-20(10-8-19)38-22-14-28-13-21(30-22)23(35)36/h3-10,13-14,16H,2,12,15H2,1H3,(H,35,36)(H,29,31,37). The zero-order valence-electron chi connectivity index (χ0n) is 20.1. The Balaban J connectivity index is 1.84. The quantitative estimate of drug-likeness (QED) is 0.237. The fraction of sp³-hybridized carbons (Fsp3) is 0.160. The predicted octanol–water partition coefficient (Wildman–Crippen LogP) is 3.82. The second-order valence-electron chi connectivity index (χ2n) is 7.70. The average molecular weight is 536 g/mol. The van der Waals surface area contributed by atoms with Gasteiger partial charge < -0.3 is 14.7 Å². The van der Waals surface area contributed by atoms with Gasteiger partial charge in [-0.1, -0.05) is 23.7 Å². The van der Waals surface area contributed by atoms with E-state index in [-0.39, 0.29) is 37.0 Å². The van der Waals surface area contributed by atoms with Crippen molar-refractivity contribution in [3.8, 4) is 17.7 Å². The molecule has 0 radical (unpaired) electrons. The molecule has 12 nitrogen and oxygen atoms in total. The molecular weight excluding hydrogens is 514 g/mol. The Kier molecular flexibility index (Phi) is 9.67. The van der Waals surface area contributed by atoms with Crippen molar-refractivity contribution in [2.45, 2.75) is 13.0 Å². The number of hydrogen-bond acceptors (Lipinski definition) is 8. The van der Waals surface area contributed by atoms with Gasteiger partial charge in [0.1, 0.15) is 5.75 Å². The van der Waals surface area contributed by atoms with Gasteiger partial charge in [-0.3, -0.25) is 20.0 Å². The first-order valence-corrected chi connectivity index (χ1v) is 11.4. The van der Waals surface area contributed by atoms with Gasteiger partial charge in [-0.25, -0.2) is 19.6 Å². The number of urea groups is 1. The van der Waals surface area contributed by atoms with E-state index in [4.69, 9.17) is 26.7 Å². The van der Waals surface area contributed by atoms with E-state index in [0.29, 0.717) is 22.9 Å². The average Bonchev–Trinajstić information content (AvgIpc) is 2.92. The van der Waals surface area contributed by atoms with Gasteiger partial charge in [0.15, 0.2) is 5.69 Å². The number of carbonyl (C=O) groups excluding carboxylic acids is 2. The molecule has 194 valence electrons. The maximum Gasteiger partial charge on any atom is 0.356 e. The molecule has 1 aromatic heterocycles. The molecule has 0 aliphatic heterocycles. The number of nitriles is 1. The summed E-state index contributed by atoms with van der Waals surface area (Å²) in [5.74, 6) is -0.961. The summed E-state index contributed by atoms with van der Waals surface area (Å²) in [5, 5.41) is 21.0. The summed E-state index contributed by atoms with van der Waals surface area (Å²) in [6.07, 6.45) is 3.05. The van der Waals surface area contributed by atoms with Gasteiger partial charge in [-0.15, -0.1) is 0 Å². The lowest BCUT2D eigenvalue weighted by Crippen LogP contribution is -2.48. The van der Waals surface area contributed by atoms with Crippen LogP contribution in [-0.2, 0) is 11.3 Å². The molecule has 38 heavy (non-hydrogen) atoms. The molecule has 3 amide bonds. The molecular formula is C25H22ClN7O5. The van der Waals surface area contributed by atoms with E-state index in [1.54, 1.807) is 48.5 Å². The number of hydrogen-bond donors (Lipinski definition) is 2. The van der Waals surface area contributed by atoms with Gasteiger partial charge in [0.2, 0.25) is 18.2 Å². The first kappa shape index (κ1) is 27.6. The number of amides is 3. The Hall–Kier alpha value is -5.02. The number of carboxylic acids is 1. The number of nitrogens with zero attached hydrogens (tertiary/aromatic N) is 6. The van der Waals surface area contributed by atoms with Crippen molar-refractivity contribution in [3.05, 3.63) is 77.2 Å². The summed E-state index contributed by atoms with van der Waals surface area (Å²) < 4.78 is 5.55. The lowest BCUT2D eigenvalue weighted by Gasteiger charge is -2.23. The van der Waals surface area contributed by atoms with E-state index in [1.165, 1.54) is 23.0 Å². The number of halogens is 1. The van der Waals surface area contributed by atoms with Crippen LogP contribution >= 0.6 is 11.6 Å². The summed E-state index contributed by atoms with van der Waals surface area (Å²) in [4.78, 5) is 50.4. The van der Waals surface area contributed by atoms with Crippen molar-refractivity contribution in [2.75, 3.05) is 13.6 Å². The second kappa shape index (κ2) is 13.3. The van der Waals surface area contributed by atoms with Gasteiger partial charge >= 0.3 is 12.0 Å². The highest BCUT2D eigenvalue weighted by Crippen LogP contribution is 2.23. The molecule has 0 spiro atoms. The Morgan fingerprint density at radius 2 is 1.89 bits per heavy atom. The van der Waals surface area contributed by atoms with E-state index < -0.39 is 12.0 Å². The third-order valence-electron chi connectivity index (χ3n) is 4.92. The summed E-state index contributed by atoms with van der Waals surface area (Å²) >= 11 is 5.95. The minimum Gasteiger partial charge on any atom is -0.476 e. The highest BCUT2D eigenvalue weighted by atomic mass is 35.5. The number of aromatic nitrogens is 2. The lowest BCUT2D eigenvalue weighted by atomic mass is 10.2. The van der Waals surface area contributed by atoms with Gasteiger partial charge in [-0.2, -0.15) is 5.26 Å². The molecule has 0 saturated carbocycles. The Labute approximate surface area is 222 Å². The number of guanidine groups is 1. The van der Waals surface area contributed by atoms with Crippen LogP contribution in [0.15, 0.2) is 65.9 Å². The zero-order chi connectivity index (χ0) is 27.5. The normalized spacial score (nSPS) is 10.7. The smallest absolute Gasteiger partial charge is 0.356 e. The highest BCUT2D eigenvalue weighted by molar-refractivity contribution is 6.30. The van der Waals surface area contributed by atoms with E-state index >= 15 is 0 Å². The molecule has 0 bridgehead atoms. The van der Waals surface area contributed by atoms with Crippen LogP contribution in [0.1, 0.15) is 22.5 Å². The number of aliphatic imine (C=N–C) groups is 1. The molecule has 0 atom stereocenters. The number of benzene rings is 2. The van der Waals surface area contributed by atoms with Crippen LogP contribution in [0.2, 0.25) is 5.02 Å². The molecule has 2 aromatic carbocycles. The first-order valence-electron chi connectivity index (χ1n) is 11.1. The van der Waals surface area contributed by atoms with Crippen LogP contribution in [0.5, 0.6) is 11.6 Å². The SMILES string of the molecule is CN(CCC#N)C(=O)NC(=Nc1ccc(Oc2cncc(C(=O)O)n2)cc1)N(C=O)Cc1ccc(Cl)cc1. The van der Waals surface area contributed by atoms with E-state index in [1.807, 2.05) is 6.07 Å². The number of rotatable bonds is 9. The molecule has 3 rings (SSSR count). The van der Waals surface area contributed by atoms with Crippen LogP contribution in [0.4, 0.5) is 10.5 Å². The van der Waals surface area contributed by atoms with Crippen molar-refractivity contribution >= 4 is 41.7 Å². The van der Waals surface area contributed by atoms with Crippen molar-refractivity contribution < 1.29 is 24.2 Å². The minimum atomic E-state index is -1.24. The first-order chi connectivity index (χ1) is 18.3. The van der Waals surface area contributed by atoms with Crippen LogP contribution < -0.4 is 10.1 Å². The van der Waals surface area contributed by atoms with Gasteiger partial charge in [0.25, 0.3) is 0 Å². The fourth-order valence-electron chi connectivity index (χ4n) is 2.95. The minimum absolute atomic E-state index is 0.00963. The van der Waals surface area contributed by atoms with Crippen molar-refractivity contribution in [1.29, 1.82) is 5.26 Å². The van der Waals surface area contributed by atoms with E-state index in [2.05, 4.69) is 20.3 Å². The molecule has 2 N–H and O–H groups in total. The molecule has 3 aromatic rings. The van der Waals surface area contributed by atoms with E-state index in [9.17, 15) is 14.4 Å². The summed E-state index contributed by atoms with van der Waals surface area (Å²) in [6, 6.07) is 14.5. The Morgan fingerprint density at radius 1 is 1.18 bits per heavy atom. The third kappa shape index (κ3) is 8.00. The molecule has 1 heterocycles. The Bertz CT molecular complexity index is 1360. The number of ether oxygens (including phenoxy) is 1. The van der Waals surface area contributed by atoms with Gasteiger partial charge in [0.05, 0.1) is 37.1 Å². The number of carboxylic acid groups (broad SMARTS) is 1. The molecule has 0 aliphatic rings. The topological polar surface area (TPSA) is 161 Å². The number of nitrogens with one attached hydrogen (secondary N) is 1. The summed E-state index contributed by atoms with van der Waals surface area (Å²) in [5.41, 5.74) is 0.855. The van der Waals surface area contributed by atoms with Gasteiger partial charge in [0, 0.05) is 18.6 Å². The molecule has 13 heteroatoms. The van der Waals surface area contributed by atoms with E-state index in [0.717, 1.165) is 11.8 Å². The summed E-state index contributed by atoms with van der Waals surface area (Å²) in [7, 11) is 1.52. The van der Waals surface area contributed by atoms with Crippen LogP contribution in [0, 0.1) is 11.3 Å². The Morgan fingerprint density at radius 3 is 2.53 bits per heavy atom. The monoisotopic (exact) mass is 535 g/mol. The largest absolute Gasteiger partial charge is 0.476 e. The van der Waals surface area contributed by atoms with Crippen LogP contribution in [0.3, 0.4) is 0 Å². The second-order valence-corrected chi connectivity index (χ2v) is 8.14. The number of carbonyl (C=O) groups is 3. The van der Waals surface area contributed by atoms with Crippen molar-refractivity contribution in [3.63, 3.8) is 0 Å². The lowest BCUT2D eigenvalue weighted by molar-refractivity contribution is -0.115. The molecule has 0 fully saturated rings. The molecule has 0 aliphatic carbocycles. The highest BCUT2D eigenvalue weighted by Gasteiger charge is 2.18. The maximum atomic E-state index is 12.7. The van der Waals surface area contributed by atoms with Crippen molar-refractivity contribution in [2.24, 2.45) is 4.99 Å². The van der Waals surface area contributed by atoms with Gasteiger partial charge in [-0.05, 0) is 42.0 Å². The van der Waals surface area contributed by atoms with Crippen LogP contribution in [0.25, 0.3) is 0 Å². The maximum absolute atomic E-state index is 12.7. The predicted molar refractivity (Wildman–Crippen MR) is 137 cm³/mol. The van der Waals surface area contributed by atoms with Crippen molar-refractivity contribution in [1.82, 2.24) is 25.1 Å². The molecule has 0 saturated heterocycles. The number of aromatic carboxylic acids is 1. The fourth-order valence-corrected chi connectivity index (χ4v) is 3.08.